The van der Waals surface area contributed by atoms with Crippen molar-refractivity contribution in [2.75, 3.05) is 19.6 Å². The molecular formula is C49H75N7O12. The minimum Gasteiger partial charge on any atom is -0.508 e. The fourth-order valence-corrected chi connectivity index (χ4v) is 6.88. The molecule has 1 aliphatic rings. The van der Waals surface area contributed by atoms with Gasteiger partial charge >= 0.3 is 24.4 Å². The summed E-state index contributed by atoms with van der Waals surface area (Å²) >= 11 is 0. The van der Waals surface area contributed by atoms with Gasteiger partial charge in [0.05, 0.1) is 0 Å². The lowest BCUT2D eigenvalue weighted by atomic mass is 9.95. The molecule has 2 aromatic rings. The lowest BCUT2D eigenvalue weighted by Crippen LogP contribution is -2.56. The molecule has 3 rings (SSSR count). The molecule has 19 nitrogen and oxygen atoms in total. The fourth-order valence-electron chi connectivity index (χ4n) is 6.88. The number of amides is 7. The van der Waals surface area contributed by atoms with Gasteiger partial charge in [-0.2, -0.15) is 0 Å². The van der Waals surface area contributed by atoms with Crippen molar-refractivity contribution in [2.45, 2.75) is 175 Å². The third-order valence-electron chi connectivity index (χ3n) is 9.67. The molecule has 0 saturated heterocycles. The van der Waals surface area contributed by atoms with Crippen molar-refractivity contribution >= 4 is 42.1 Å². The molecule has 2 aromatic carbocycles. The van der Waals surface area contributed by atoms with Crippen LogP contribution in [0.25, 0.3) is 11.1 Å². The number of alkyl carbamates (subject to hydrolysis) is 4. The number of fused-ring (bicyclic) bond motifs is 5. The predicted molar refractivity (Wildman–Crippen MR) is 256 cm³/mol. The maximum Gasteiger partial charge on any atom is 0.408 e. The molecule has 1 heterocycles. The van der Waals surface area contributed by atoms with E-state index in [0.29, 0.717) is 24.0 Å². The highest BCUT2D eigenvalue weighted by Gasteiger charge is 2.32. The molecule has 0 saturated carbocycles. The highest BCUT2D eigenvalue weighted by Crippen LogP contribution is 2.28. The van der Waals surface area contributed by atoms with E-state index in [2.05, 4.69) is 37.2 Å². The molecule has 0 aromatic heterocycles. The van der Waals surface area contributed by atoms with Crippen molar-refractivity contribution < 1.29 is 57.6 Å². The molecule has 0 spiro atoms. The van der Waals surface area contributed by atoms with Crippen LogP contribution in [0, 0.1) is 0 Å². The summed E-state index contributed by atoms with van der Waals surface area (Å²) in [5.41, 5.74) is -0.570. The van der Waals surface area contributed by atoms with Crippen LogP contribution in [-0.2, 0) is 46.2 Å². The van der Waals surface area contributed by atoms with Gasteiger partial charge in [-0.1, -0.05) is 30.3 Å². The van der Waals surface area contributed by atoms with E-state index in [-0.39, 0.29) is 57.5 Å². The molecule has 1 aliphatic heterocycles. The second kappa shape index (κ2) is 24.7. The first kappa shape index (κ1) is 56.1. The van der Waals surface area contributed by atoms with E-state index in [0.717, 1.165) is 11.1 Å². The third-order valence-corrected chi connectivity index (χ3v) is 9.67. The summed E-state index contributed by atoms with van der Waals surface area (Å²) in [7, 11) is 0. The van der Waals surface area contributed by atoms with Gasteiger partial charge in [-0.25, -0.2) is 19.2 Å². The average molecular weight is 954 g/mol. The second-order valence-corrected chi connectivity index (χ2v) is 20.9. The van der Waals surface area contributed by atoms with E-state index < -0.39 is 88.7 Å². The molecule has 68 heavy (non-hydrogen) atoms. The molecule has 7 amide bonds. The van der Waals surface area contributed by atoms with Crippen LogP contribution < -0.4 is 37.2 Å². The largest absolute Gasteiger partial charge is 0.508 e. The molecule has 378 valence electrons. The summed E-state index contributed by atoms with van der Waals surface area (Å²) in [6.45, 7) is 20.9. The Hall–Kier alpha value is -6.27. The van der Waals surface area contributed by atoms with Gasteiger partial charge < -0.3 is 61.3 Å². The molecule has 4 bridgehead atoms. The average Bonchev–Trinajstić information content (AvgIpc) is 3.17. The van der Waals surface area contributed by atoms with Crippen molar-refractivity contribution in [2.24, 2.45) is 0 Å². The lowest BCUT2D eigenvalue weighted by molar-refractivity contribution is -0.131. The minimum atomic E-state index is -1.32. The van der Waals surface area contributed by atoms with Crippen LogP contribution in [0.2, 0.25) is 0 Å². The lowest BCUT2D eigenvalue weighted by Gasteiger charge is -2.27. The summed E-state index contributed by atoms with van der Waals surface area (Å²) in [5, 5.41) is 30.4. The van der Waals surface area contributed by atoms with E-state index >= 15 is 0 Å². The van der Waals surface area contributed by atoms with Crippen molar-refractivity contribution in [3.63, 3.8) is 0 Å². The molecule has 0 unspecified atom stereocenters. The van der Waals surface area contributed by atoms with Gasteiger partial charge in [-0.15, -0.1) is 0 Å². The maximum absolute atomic E-state index is 14.4. The van der Waals surface area contributed by atoms with Crippen molar-refractivity contribution in [1.82, 2.24) is 37.2 Å². The number of carbonyl (C=O) groups excluding carboxylic acids is 7. The topological polar surface area (TPSA) is 261 Å². The van der Waals surface area contributed by atoms with E-state index in [1.165, 1.54) is 6.07 Å². The minimum absolute atomic E-state index is 0.0147. The van der Waals surface area contributed by atoms with E-state index in [4.69, 9.17) is 18.9 Å². The van der Waals surface area contributed by atoms with Crippen LogP contribution in [0.4, 0.5) is 19.2 Å². The maximum atomic E-state index is 14.4. The Morgan fingerprint density at radius 2 is 1.22 bits per heavy atom. The van der Waals surface area contributed by atoms with E-state index in [9.17, 15) is 38.7 Å². The van der Waals surface area contributed by atoms with Gasteiger partial charge in [-0.05, 0) is 150 Å². The Morgan fingerprint density at radius 1 is 0.662 bits per heavy atom. The first-order valence-corrected chi connectivity index (χ1v) is 23.1. The van der Waals surface area contributed by atoms with Gasteiger partial charge in [0.15, 0.2) is 0 Å². The summed E-state index contributed by atoms with van der Waals surface area (Å²) in [6, 6.07) is 8.39. The Kier molecular flexibility index (Phi) is 20.3. The van der Waals surface area contributed by atoms with Gasteiger partial charge in [0.25, 0.3) is 0 Å². The summed E-state index contributed by atoms with van der Waals surface area (Å²) in [5.74, 6) is -1.97. The number of nitrogens with one attached hydrogen (secondary N) is 7. The van der Waals surface area contributed by atoms with Crippen LogP contribution in [0.1, 0.15) is 126 Å². The van der Waals surface area contributed by atoms with E-state index in [1.807, 2.05) is 24.3 Å². The Balaban J connectivity index is 1.95. The van der Waals surface area contributed by atoms with Crippen LogP contribution >= 0.6 is 0 Å². The van der Waals surface area contributed by atoms with Gasteiger partial charge in [0, 0.05) is 44.6 Å². The number of hydrogen-bond acceptors (Lipinski definition) is 12. The number of phenolic OH excluding ortho intramolecular Hbond substituents is 1. The van der Waals surface area contributed by atoms with Crippen molar-refractivity contribution in [3.8, 4) is 16.9 Å². The Bertz CT molecular complexity index is 2070. The normalized spacial score (nSPS) is 17.3. The highest BCUT2D eigenvalue weighted by atomic mass is 16.6. The van der Waals surface area contributed by atoms with Crippen LogP contribution in [0.5, 0.6) is 5.75 Å². The smallest absolute Gasteiger partial charge is 0.408 e. The van der Waals surface area contributed by atoms with Crippen LogP contribution in [0.15, 0.2) is 42.5 Å². The van der Waals surface area contributed by atoms with Gasteiger partial charge in [-0.3, -0.25) is 14.4 Å². The summed E-state index contributed by atoms with van der Waals surface area (Å²) < 4.78 is 21.6. The van der Waals surface area contributed by atoms with Gasteiger partial charge in [0.2, 0.25) is 17.7 Å². The zero-order valence-corrected chi connectivity index (χ0v) is 41.9. The molecule has 0 aliphatic carbocycles. The summed E-state index contributed by atoms with van der Waals surface area (Å²) in [6.07, 6.45) is -2.07. The zero-order valence-electron chi connectivity index (χ0n) is 41.9. The number of rotatable bonds is 14. The molecule has 4 atom stereocenters. The molecule has 0 radical (unpaired) electrons. The summed E-state index contributed by atoms with van der Waals surface area (Å²) in [4.78, 5) is 93.1. The van der Waals surface area contributed by atoms with E-state index in [1.54, 1.807) is 95.2 Å². The Labute approximate surface area is 400 Å². The molecular weight excluding hydrogens is 879 g/mol. The first-order chi connectivity index (χ1) is 31.4. The zero-order chi connectivity index (χ0) is 51.0. The number of carbonyl (C=O) groups is 7. The standard InChI is InChI=1S/C49H75N7O12/c1-46(2,3)65-42(61)50-22-14-18-34(54-44(63)67-48(7,8)9)29-52-39(58)28-35-25-30-16-13-17-31(24-30)32-20-21-38(57)33(26-32)27-37(56-45(64)68-49(10,11)12)41(60)55-36(40(59)53-35)19-15-23-51-43(62)66-47(4,5)6/h13,16-17,20-21,24,26,34-37,57H,14-15,18-19,22-23,25,27-29H2,1-12H3,(H,50,61)(H,51,62)(H,52,58)(H,53,59)(H,54,63)(H,55,60)(H,56,64)/t34-,35-,36-,37-/m0/s1. The second-order valence-electron chi connectivity index (χ2n) is 20.9. The predicted octanol–water partition coefficient (Wildman–Crippen LogP) is 6.03. The monoisotopic (exact) mass is 954 g/mol. The number of ether oxygens (including phenoxy) is 4. The Morgan fingerprint density at radius 3 is 1.82 bits per heavy atom. The van der Waals surface area contributed by atoms with Crippen LogP contribution in [0.3, 0.4) is 0 Å². The first-order valence-electron chi connectivity index (χ1n) is 23.1. The van der Waals surface area contributed by atoms with Crippen LogP contribution in [-0.4, -0.2) is 113 Å². The number of phenols is 1. The quantitative estimate of drug-likeness (QED) is 0.0798. The number of hydrogen-bond donors (Lipinski definition) is 8. The molecule has 0 fully saturated rings. The number of benzene rings is 2. The molecule has 8 N–H and O–H groups in total. The third kappa shape index (κ3) is 22.5. The fraction of sp³-hybridized carbons (Fsp3) is 0.612. The number of aromatic hydroxyl groups is 1. The van der Waals surface area contributed by atoms with Crippen molar-refractivity contribution in [3.05, 3.63) is 53.6 Å². The highest BCUT2D eigenvalue weighted by molar-refractivity contribution is 5.92. The van der Waals surface area contributed by atoms with Gasteiger partial charge in [0.1, 0.15) is 40.2 Å². The molecule has 19 heteroatoms. The van der Waals surface area contributed by atoms with Crippen molar-refractivity contribution in [1.29, 1.82) is 0 Å². The SMILES string of the molecule is CC(C)(C)OC(=O)NCCC[C@@H](CNC(=O)C[C@@H]1Cc2cccc(c2)-c2ccc(O)c(c2)C[C@H](NC(=O)OC(C)(C)C)C(=O)N[C@@H](CCCNC(=O)OC(C)(C)C)C(=O)N1)NC(=O)OC(C)(C)C.